The topological polar surface area (TPSA) is 18.5 Å². The summed E-state index contributed by atoms with van der Waals surface area (Å²) in [6.07, 6.45) is -9.04. The smallest absolute Gasteiger partial charge is 0.427 e. The summed E-state index contributed by atoms with van der Waals surface area (Å²) in [6.45, 7) is 2.44. The Balaban J connectivity index is 1.70. The zero-order valence-corrected chi connectivity index (χ0v) is 18.7. The molecule has 1 aliphatic rings. The van der Waals surface area contributed by atoms with Crippen molar-refractivity contribution in [3.05, 3.63) is 53.8 Å². The molecule has 0 radical (unpaired) electrons. The second kappa shape index (κ2) is 11.0. The summed E-state index contributed by atoms with van der Waals surface area (Å²) in [5.41, 5.74) is 1.63. The van der Waals surface area contributed by atoms with Gasteiger partial charge in [-0.25, -0.2) is 8.78 Å². The summed E-state index contributed by atoms with van der Waals surface area (Å²) < 4.78 is 101. The lowest BCUT2D eigenvalue weighted by molar-refractivity contribution is -0.305. The summed E-state index contributed by atoms with van der Waals surface area (Å²) in [6, 6.07) is 9.84. The van der Waals surface area contributed by atoms with E-state index < -0.39 is 30.0 Å². The van der Waals surface area contributed by atoms with Gasteiger partial charge in [-0.3, -0.25) is 0 Å². The minimum absolute atomic E-state index is 0.123. The molecule has 188 valence electrons. The molecule has 0 saturated heterocycles. The lowest BCUT2D eigenvalue weighted by atomic mass is 9.85. The molecule has 34 heavy (non-hydrogen) atoms. The van der Waals surface area contributed by atoms with Crippen molar-refractivity contribution in [3.8, 4) is 16.9 Å². The van der Waals surface area contributed by atoms with E-state index in [1.54, 1.807) is 24.3 Å². The van der Waals surface area contributed by atoms with E-state index in [-0.39, 0.29) is 12.7 Å². The third-order valence-electron chi connectivity index (χ3n) is 6.05. The Hall–Kier alpha value is -2.29. The Kier molecular flexibility index (Phi) is 8.49. The quantitative estimate of drug-likeness (QED) is 0.328. The Morgan fingerprint density at radius 1 is 0.971 bits per heavy atom. The zero-order chi connectivity index (χ0) is 24.9. The van der Waals surface area contributed by atoms with Gasteiger partial charge in [-0.2, -0.15) is 22.0 Å². The molecule has 1 unspecified atom stereocenters. The van der Waals surface area contributed by atoms with Crippen LogP contribution < -0.4 is 4.74 Å². The molecule has 0 amide bonds. The maximum absolute atomic E-state index is 14.4. The first-order valence-electron chi connectivity index (χ1n) is 11.3. The van der Waals surface area contributed by atoms with Crippen LogP contribution in [0.2, 0.25) is 0 Å². The summed E-state index contributed by atoms with van der Waals surface area (Å²) in [5.74, 6) is -1.79. The summed E-state index contributed by atoms with van der Waals surface area (Å²) in [7, 11) is 0. The first-order valence-corrected chi connectivity index (χ1v) is 11.3. The van der Waals surface area contributed by atoms with Gasteiger partial charge in [-0.1, -0.05) is 50.1 Å². The number of halogens is 7. The molecule has 2 aromatic rings. The molecule has 1 aliphatic carbocycles. The average molecular weight is 492 g/mol. The van der Waals surface area contributed by atoms with Crippen molar-refractivity contribution < 1.29 is 40.2 Å². The first-order chi connectivity index (χ1) is 16.0. The number of benzene rings is 2. The molecule has 0 aromatic heterocycles. The predicted molar refractivity (Wildman–Crippen MR) is 114 cm³/mol. The predicted octanol–water partition coefficient (Wildman–Crippen LogP) is 8.24. The van der Waals surface area contributed by atoms with Gasteiger partial charge in [0, 0.05) is 0 Å². The number of rotatable bonds is 9. The van der Waals surface area contributed by atoms with Gasteiger partial charge < -0.3 is 9.47 Å². The second-order valence-corrected chi connectivity index (χ2v) is 8.61. The largest absolute Gasteiger partial charge is 0.439 e. The third kappa shape index (κ3) is 6.64. The van der Waals surface area contributed by atoms with Crippen molar-refractivity contribution in [2.45, 2.75) is 76.6 Å². The van der Waals surface area contributed by atoms with E-state index in [4.69, 9.17) is 4.74 Å². The minimum atomic E-state index is -5.85. The van der Waals surface area contributed by atoms with E-state index in [1.165, 1.54) is 12.5 Å². The van der Waals surface area contributed by atoms with E-state index >= 15 is 0 Å². The van der Waals surface area contributed by atoms with Crippen LogP contribution in [0, 0.1) is 11.7 Å². The number of ether oxygens (including phenoxy) is 2. The van der Waals surface area contributed by atoms with Crippen LogP contribution >= 0.6 is 0 Å². The first kappa shape index (κ1) is 26.3. The lowest BCUT2D eigenvalue weighted by Crippen LogP contribution is -2.45. The van der Waals surface area contributed by atoms with E-state index in [2.05, 4.69) is 11.7 Å². The molecule has 0 bridgehead atoms. The van der Waals surface area contributed by atoms with Crippen LogP contribution in [-0.2, 0) is 11.3 Å². The molecule has 0 N–H and O–H groups in total. The number of alkyl halides is 6. The molecule has 1 fully saturated rings. The van der Waals surface area contributed by atoms with Crippen molar-refractivity contribution in [3.63, 3.8) is 0 Å². The van der Waals surface area contributed by atoms with Gasteiger partial charge in [0.15, 0.2) is 11.6 Å². The van der Waals surface area contributed by atoms with Crippen molar-refractivity contribution in [1.82, 2.24) is 0 Å². The molecular weight excluding hydrogens is 465 g/mol. The van der Waals surface area contributed by atoms with Gasteiger partial charge in [0.2, 0.25) is 0 Å². The number of hydrogen-bond donors (Lipinski definition) is 0. The highest BCUT2D eigenvalue weighted by molar-refractivity contribution is 5.68. The average Bonchev–Trinajstić information content (AvgIpc) is 2.79. The van der Waals surface area contributed by atoms with Crippen molar-refractivity contribution in [2.24, 2.45) is 5.92 Å². The fourth-order valence-electron chi connectivity index (χ4n) is 4.27. The molecule has 9 heteroatoms. The van der Waals surface area contributed by atoms with Gasteiger partial charge in [-0.15, -0.1) is 0 Å². The van der Waals surface area contributed by atoms with Gasteiger partial charge in [0.05, 0.1) is 12.7 Å². The van der Waals surface area contributed by atoms with Gasteiger partial charge in [0.25, 0.3) is 6.17 Å². The molecule has 0 heterocycles. The highest BCUT2D eigenvalue weighted by Crippen LogP contribution is 2.38. The Bertz CT molecular complexity index is 937. The summed E-state index contributed by atoms with van der Waals surface area (Å²) in [4.78, 5) is 0. The van der Waals surface area contributed by atoms with E-state index in [1.807, 2.05) is 0 Å². The fourth-order valence-corrected chi connectivity index (χ4v) is 4.27. The molecule has 0 aliphatic heterocycles. The van der Waals surface area contributed by atoms with Crippen LogP contribution in [0.1, 0.15) is 51.0 Å². The fraction of sp³-hybridized carbons (Fsp3) is 0.520. The van der Waals surface area contributed by atoms with E-state index in [0.717, 1.165) is 55.7 Å². The van der Waals surface area contributed by atoms with Crippen LogP contribution in [0.4, 0.5) is 30.7 Å². The monoisotopic (exact) mass is 492 g/mol. The molecule has 1 atom stereocenters. The highest BCUT2D eigenvalue weighted by Gasteiger charge is 2.59. The van der Waals surface area contributed by atoms with E-state index in [9.17, 15) is 30.7 Å². The molecule has 2 aromatic carbocycles. The Morgan fingerprint density at radius 3 is 2.26 bits per heavy atom. The zero-order valence-electron chi connectivity index (χ0n) is 18.7. The normalized spacial score (nSPS) is 20.2. The molecule has 1 saturated carbocycles. The van der Waals surface area contributed by atoms with Crippen LogP contribution in [0.15, 0.2) is 42.5 Å². The molecule has 0 spiro atoms. The summed E-state index contributed by atoms with van der Waals surface area (Å²) in [5, 5.41) is 0. The van der Waals surface area contributed by atoms with Crippen molar-refractivity contribution in [1.29, 1.82) is 0 Å². The van der Waals surface area contributed by atoms with Crippen molar-refractivity contribution >= 4 is 0 Å². The summed E-state index contributed by atoms with van der Waals surface area (Å²) >= 11 is 0. The molecule has 2 nitrogen and oxygen atoms in total. The lowest BCUT2D eigenvalue weighted by Gasteiger charge is -2.28. The van der Waals surface area contributed by atoms with Crippen LogP contribution in [-0.4, -0.2) is 24.6 Å². The molecule has 3 rings (SSSR count). The minimum Gasteiger partial charge on any atom is -0.427 e. The Morgan fingerprint density at radius 2 is 1.65 bits per heavy atom. The maximum Gasteiger partial charge on any atom is 0.439 e. The van der Waals surface area contributed by atoms with Crippen LogP contribution in [0.3, 0.4) is 0 Å². The standard InChI is InChI=1S/C25H27F7O2/c1-2-5-16-8-11-19(12-9-16)33-15-18-6-3-4-7-20(18)17-10-13-22(21(26)14-17)34-25(31,32)23(27)24(28,29)30/h3-4,6-7,10,13-14,16,19,23H,2,5,8-9,11-12,15H2,1H3. The van der Waals surface area contributed by atoms with Gasteiger partial charge in [-0.05, 0) is 60.4 Å². The number of hydrogen-bond acceptors (Lipinski definition) is 2. The van der Waals surface area contributed by atoms with Crippen LogP contribution in [0.5, 0.6) is 5.75 Å². The Labute approximate surface area is 194 Å². The highest BCUT2D eigenvalue weighted by atomic mass is 19.4. The van der Waals surface area contributed by atoms with Crippen molar-refractivity contribution in [2.75, 3.05) is 0 Å². The maximum atomic E-state index is 14.4. The second-order valence-electron chi connectivity index (χ2n) is 8.61. The van der Waals surface area contributed by atoms with Gasteiger partial charge in [0.1, 0.15) is 0 Å². The van der Waals surface area contributed by atoms with E-state index in [0.29, 0.717) is 11.1 Å². The van der Waals surface area contributed by atoms with Gasteiger partial charge >= 0.3 is 12.3 Å². The molecular formula is C25H27F7O2. The SMILES string of the molecule is CCCC1CCC(OCc2ccccc2-c2ccc(OC(F)(F)C(F)C(F)(F)F)c(F)c2)CC1. The van der Waals surface area contributed by atoms with Crippen LogP contribution in [0.25, 0.3) is 11.1 Å². The third-order valence-corrected chi connectivity index (χ3v) is 6.05.